The van der Waals surface area contributed by atoms with Crippen LogP contribution in [0.5, 0.6) is 0 Å². The Morgan fingerprint density at radius 1 is 0.921 bits per heavy atom. The van der Waals surface area contributed by atoms with Crippen molar-refractivity contribution in [3.8, 4) is 11.4 Å². The van der Waals surface area contributed by atoms with Crippen LogP contribution in [0.4, 0.5) is 11.5 Å². The van der Waals surface area contributed by atoms with Crippen molar-refractivity contribution in [3.63, 3.8) is 0 Å². The topological polar surface area (TPSA) is 117 Å². The maximum atomic E-state index is 13.4. The van der Waals surface area contributed by atoms with Gasteiger partial charge in [-0.25, -0.2) is 9.97 Å². The summed E-state index contributed by atoms with van der Waals surface area (Å²) in [5.74, 6) is 2.00. The number of pyridine rings is 1. The Balaban J connectivity index is 1.07. The predicted molar refractivity (Wildman–Crippen MR) is 143 cm³/mol. The van der Waals surface area contributed by atoms with E-state index >= 15 is 0 Å². The van der Waals surface area contributed by atoms with Gasteiger partial charge in [0.2, 0.25) is 5.91 Å². The van der Waals surface area contributed by atoms with Crippen molar-refractivity contribution in [2.24, 2.45) is 23.2 Å². The average Bonchev–Trinajstić information content (AvgIpc) is 3.35. The van der Waals surface area contributed by atoms with E-state index in [0.717, 1.165) is 23.9 Å². The van der Waals surface area contributed by atoms with Crippen molar-refractivity contribution in [3.05, 3.63) is 72.4 Å². The number of benzene rings is 2. The van der Waals surface area contributed by atoms with E-state index in [9.17, 15) is 14.4 Å². The number of hydrogen-bond donors (Lipinski definition) is 3. The number of anilines is 2. The summed E-state index contributed by atoms with van der Waals surface area (Å²) < 4.78 is 0. The molecule has 4 aromatic rings. The number of H-pyrrole nitrogens is 1. The Kier molecular flexibility index (Phi) is 5.18. The van der Waals surface area contributed by atoms with Gasteiger partial charge < -0.3 is 15.6 Å². The Labute approximate surface area is 219 Å². The Hall–Kier alpha value is -4.33. The Bertz CT molecular complexity index is 1560. The van der Waals surface area contributed by atoms with E-state index in [-0.39, 0.29) is 23.5 Å². The molecular weight excluding hydrogens is 478 g/mol. The third kappa shape index (κ3) is 3.79. The highest BCUT2D eigenvalue weighted by Gasteiger charge is 2.60. The molecule has 8 heteroatoms. The number of nitrogens with zero attached hydrogens (tertiary/aromatic N) is 2. The fraction of sp³-hybridized carbons (Fsp3) is 0.300. The van der Waals surface area contributed by atoms with E-state index in [4.69, 9.17) is 0 Å². The van der Waals surface area contributed by atoms with Crippen LogP contribution < -0.4 is 10.6 Å². The second-order valence-corrected chi connectivity index (χ2v) is 11.0. The van der Waals surface area contributed by atoms with Gasteiger partial charge in [-0.15, -0.1) is 0 Å². The predicted octanol–water partition coefficient (Wildman–Crippen LogP) is 5.21. The molecule has 0 aliphatic heterocycles. The number of ketones is 1. The molecule has 4 fully saturated rings. The summed E-state index contributed by atoms with van der Waals surface area (Å²) in [5.41, 5.74) is 2.65. The molecule has 2 unspecified atom stereocenters. The van der Waals surface area contributed by atoms with Gasteiger partial charge in [-0.1, -0.05) is 6.07 Å². The molecule has 4 saturated carbocycles. The van der Waals surface area contributed by atoms with Crippen LogP contribution >= 0.6 is 0 Å². The highest BCUT2D eigenvalue weighted by Crippen LogP contribution is 2.58. The van der Waals surface area contributed by atoms with Gasteiger partial charge in [0.15, 0.2) is 5.78 Å². The number of rotatable bonds is 5. The van der Waals surface area contributed by atoms with Crippen LogP contribution in [0.3, 0.4) is 0 Å². The lowest BCUT2D eigenvalue weighted by molar-refractivity contribution is -0.159. The molecule has 0 spiro atoms. The lowest BCUT2D eigenvalue weighted by Gasteiger charge is -2.54. The molecule has 8 rings (SSSR count). The Morgan fingerprint density at radius 2 is 1.71 bits per heavy atom. The zero-order valence-corrected chi connectivity index (χ0v) is 20.7. The monoisotopic (exact) mass is 505 g/mol. The van der Waals surface area contributed by atoms with Gasteiger partial charge in [0.25, 0.3) is 5.91 Å². The first-order valence-corrected chi connectivity index (χ1v) is 13.2. The molecule has 4 aliphatic rings. The first kappa shape index (κ1) is 22.8. The van der Waals surface area contributed by atoms with Gasteiger partial charge in [0.1, 0.15) is 17.1 Å². The summed E-state index contributed by atoms with van der Waals surface area (Å²) >= 11 is 0. The van der Waals surface area contributed by atoms with Crippen molar-refractivity contribution < 1.29 is 14.4 Å². The molecule has 2 aromatic carbocycles. The molecule has 8 nitrogen and oxygen atoms in total. The average molecular weight is 506 g/mol. The van der Waals surface area contributed by atoms with E-state index in [1.807, 2.05) is 36.4 Å². The zero-order valence-electron chi connectivity index (χ0n) is 20.7. The summed E-state index contributed by atoms with van der Waals surface area (Å²) in [6.45, 7) is 0. The van der Waals surface area contributed by atoms with Crippen LogP contribution in [-0.2, 0) is 9.59 Å². The summed E-state index contributed by atoms with van der Waals surface area (Å²) in [7, 11) is 0. The van der Waals surface area contributed by atoms with E-state index in [1.54, 1.807) is 30.5 Å². The second-order valence-electron chi connectivity index (χ2n) is 11.0. The molecule has 38 heavy (non-hydrogen) atoms. The van der Waals surface area contributed by atoms with Crippen molar-refractivity contribution >= 4 is 40.1 Å². The van der Waals surface area contributed by atoms with Crippen LogP contribution in [0.15, 0.2) is 66.9 Å². The standard InChI is InChI=1S/C30H27N5O3/c36-26-21-12-17-11-18(13-21)16-30(26,15-17)29(38)32-22-7-4-19(5-8-22)27-33-23-9-6-20(14-24(23)34-27)28(37)35-25-3-1-2-10-31-25/h1-10,14,17-18,21H,11-13,15-16H2,(H,32,38)(H,33,34)(H,31,35,37). The summed E-state index contributed by atoms with van der Waals surface area (Å²) in [6, 6.07) is 18.1. The number of hydrogen-bond acceptors (Lipinski definition) is 5. The minimum Gasteiger partial charge on any atom is -0.338 e. The number of nitrogens with one attached hydrogen (secondary N) is 3. The number of aromatic amines is 1. The third-order valence-electron chi connectivity index (χ3n) is 8.52. The van der Waals surface area contributed by atoms with Gasteiger partial charge in [0.05, 0.1) is 11.0 Å². The largest absolute Gasteiger partial charge is 0.338 e. The highest BCUT2D eigenvalue weighted by atomic mass is 16.2. The van der Waals surface area contributed by atoms with Crippen LogP contribution in [0, 0.1) is 23.2 Å². The first-order chi connectivity index (χ1) is 18.5. The number of imidazole rings is 1. The molecule has 3 N–H and O–H groups in total. The number of Topliss-reactive ketones (excluding diaryl/α,β-unsaturated/α-hetero) is 1. The molecule has 190 valence electrons. The van der Waals surface area contributed by atoms with Crippen LogP contribution in [0.2, 0.25) is 0 Å². The number of aromatic nitrogens is 3. The molecule has 2 aromatic heterocycles. The van der Waals surface area contributed by atoms with E-state index in [2.05, 4.69) is 25.6 Å². The SMILES string of the molecule is O=C(Nc1ccccn1)c1ccc2[nH]c(-c3ccc(NC(=O)C45CC6CC(CC(C6)C4=O)C5)cc3)nc2c1. The fourth-order valence-corrected chi connectivity index (χ4v) is 6.94. The summed E-state index contributed by atoms with van der Waals surface area (Å²) in [4.78, 5) is 51.2. The molecular formula is C30H27N5O3. The van der Waals surface area contributed by atoms with Crippen LogP contribution in [0.25, 0.3) is 22.4 Å². The lowest BCUT2D eigenvalue weighted by atomic mass is 9.48. The number of carbonyl (C=O) groups is 3. The minimum atomic E-state index is -0.841. The maximum Gasteiger partial charge on any atom is 0.256 e. The quantitative estimate of drug-likeness (QED) is 0.322. The van der Waals surface area contributed by atoms with Crippen molar-refractivity contribution in [1.82, 2.24) is 15.0 Å². The summed E-state index contributed by atoms with van der Waals surface area (Å²) in [6.07, 6.45) is 6.12. The molecule has 2 heterocycles. The van der Waals surface area contributed by atoms with Crippen LogP contribution in [-0.4, -0.2) is 32.5 Å². The molecule has 4 bridgehead atoms. The number of fused-ring (bicyclic) bond motifs is 1. The Morgan fingerprint density at radius 3 is 2.45 bits per heavy atom. The fourth-order valence-electron chi connectivity index (χ4n) is 6.94. The number of carbonyl (C=O) groups excluding carboxylic acids is 3. The van der Waals surface area contributed by atoms with E-state index in [1.165, 1.54) is 6.42 Å². The minimum absolute atomic E-state index is 0.0732. The third-order valence-corrected chi connectivity index (χ3v) is 8.52. The maximum absolute atomic E-state index is 13.4. The lowest BCUT2D eigenvalue weighted by Crippen LogP contribution is -2.58. The first-order valence-electron chi connectivity index (χ1n) is 13.2. The molecule has 2 atom stereocenters. The van der Waals surface area contributed by atoms with E-state index < -0.39 is 5.41 Å². The van der Waals surface area contributed by atoms with Gasteiger partial charge in [0, 0.05) is 28.9 Å². The second kappa shape index (κ2) is 8.62. The molecule has 0 saturated heterocycles. The zero-order chi connectivity index (χ0) is 25.9. The smallest absolute Gasteiger partial charge is 0.256 e. The number of amides is 2. The normalized spacial score (nSPS) is 25.5. The van der Waals surface area contributed by atoms with Crippen molar-refractivity contribution in [2.75, 3.05) is 10.6 Å². The summed E-state index contributed by atoms with van der Waals surface area (Å²) in [5, 5.41) is 5.82. The van der Waals surface area contributed by atoms with Crippen molar-refractivity contribution in [1.29, 1.82) is 0 Å². The van der Waals surface area contributed by atoms with Gasteiger partial charge >= 0.3 is 0 Å². The van der Waals surface area contributed by atoms with Gasteiger partial charge in [-0.2, -0.15) is 0 Å². The van der Waals surface area contributed by atoms with Crippen molar-refractivity contribution in [2.45, 2.75) is 32.1 Å². The van der Waals surface area contributed by atoms with Gasteiger partial charge in [-0.05, 0) is 98.5 Å². The molecule has 0 radical (unpaired) electrons. The molecule has 2 amide bonds. The highest BCUT2D eigenvalue weighted by molar-refractivity contribution is 6.13. The molecule has 4 aliphatic carbocycles. The van der Waals surface area contributed by atoms with E-state index in [0.29, 0.717) is 53.1 Å². The van der Waals surface area contributed by atoms with Crippen LogP contribution in [0.1, 0.15) is 42.5 Å². The van der Waals surface area contributed by atoms with Gasteiger partial charge in [-0.3, -0.25) is 14.4 Å².